The van der Waals surface area contributed by atoms with Crippen molar-refractivity contribution in [3.8, 4) is 5.75 Å². The van der Waals surface area contributed by atoms with Gasteiger partial charge in [-0.05, 0) is 43.9 Å². The van der Waals surface area contributed by atoms with Gasteiger partial charge in [0, 0.05) is 24.8 Å². The first-order valence-electron chi connectivity index (χ1n) is 10.3. The molecule has 2 N–H and O–H groups in total. The number of carbonyl (C=O) groups is 2. The molecule has 1 fully saturated rings. The van der Waals surface area contributed by atoms with E-state index in [1.165, 1.54) is 22.6 Å². The van der Waals surface area contributed by atoms with E-state index in [0.717, 1.165) is 12.1 Å². The lowest BCUT2D eigenvalue weighted by Crippen LogP contribution is -2.49. The Hall–Kier alpha value is -3.30. The van der Waals surface area contributed by atoms with Gasteiger partial charge in [-0.3, -0.25) is 14.4 Å². The van der Waals surface area contributed by atoms with Gasteiger partial charge in [0.25, 0.3) is 11.8 Å². The molecule has 2 bridgehead atoms. The van der Waals surface area contributed by atoms with Crippen molar-refractivity contribution in [2.24, 2.45) is 0 Å². The number of aromatic nitrogens is 1. The minimum Gasteiger partial charge on any atom is -0.503 e. The summed E-state index contributed by atoms with van der Waals surface area (Å²) >= 11 is 0. The number of nitrogens with one attached hydrogen (secondary N) is 1. The van der Waals surface area contributed by atoms with Crippen LogP contribution in [0.5, 0.6) is 5.75 Å². The lowest BCUT2D eigenvalue weighted by atomic mass is 10.1. The van der Waals surface area contributed by atoms with Crippen LogP contribution in [-0.4, -0.2) is 45.6 Å². The summed E-state index contributed by atoms with van der Waals surface area (Å²) in [5.41, 5.74) is -1.79. The molecule has 0 spiro atoms. The minimum absolute atomic E-state index is 0.198. The van der Waals surface area contributed by atoms with Gasteiger partial charge in [-0.25, -0.2) is 13.2 Å². The summed E-state index contributed by atoms with van der Waals surface area (Å²) in [6.45, 7) is 0.490. The number of fused-ring (bicyclic) bond motifs is 4. The molecule has 2 aliphatic heterocycles. The summed E-state index contributed by atoms with van der Waals surface area (Å²) in [7, 11) is 0. The van der Waals surface area contributed by atoms with E-state index in [9.17, 15) is 32.7 Å². The van der Waals surface area contributed by atoms with Crippen molar-refractivity contribution in [2.45, 2.75) is 44.8 Å². The zero-order chi connectivity index (χ0) is 23.2. The Bertz CT molecular complexity index is 1140. The van der Waals surface area contributed by atoms with E-state index in [2.05, 4.69) is 5.32 Å². The Labute approximate surface area is 181 Å². The molecule has 0 aliphatic carbocycles. The van der Waals surface area contributed by atoms with Gasteiger partial charge in [0.15, 0.2) is 11.4 Å². The van der Waals surface area contributed by atoms with Crippen LogP contribution in [0.25, 0.3) is 0 Å². The highest BCUT2D eigenvalue weighted by atomic mass is 19.1. The summed E-state index contributed by atoms with van der Waals surface area (Å²) < 4.78 is 42.9. The van der Waals surface area contributed by atoms with E-state index in [1.807, 2.05) is 0 Å². The fourth-order valence-corrected chi connectivity index (χ4v) is 4.43. The molecule has 1 saturated heterocycles. The predicted octanol–water partition coefficient (Wildman–Crippen LogP) is 2.59. The van der Waals surface area contributed by atoms with Crippen LogP contribution in [-0.2, 0) is 6.54 Å². The predicted molar refractivity (Wildman–Crippen MR) is 108 cm³/mol. The van der Waals surface area contributed by atoms with Crippen LogP contribution < -0.4 is 10.7 Å². The van der Waals surface area contributed by atoms with Crippen LogP contribution >= 0.6 is 0 Å². The van der Waals surface area contributed by atoms with Crippen molar-refractivity contribution in [1.29, 1.82) is 0 Å². The molecule has 7 nitrogen and oxygen atoms in total. The van der Waals surface area contributed by atoms with Gasteiger partial charge in [-0.15, -0.1) is 0 Å². The first kappa shape index (κ1) is 21.9. The summed E-state index contributed by atoms with van der Waals surface area (Å²) in [5, 5.41) is 12.8. The van der Waals surface area contributed by atoms with Crippen molar-refractivity contribution >= 4 is 11.8 Å². The van der Waals surface area contributed by atoms with Crippen LogP contribution in [0.1, 0.15) is 57.3 Å². The van der Waals surface area contributed by atoms with Gasteiger partial charge in [-0.1, -0.05) is 0 Å². The lowest BCUT2D eigenvalue weighted by Gasteiger charge is -2.37. The van der Waals surface area contributed by atoms with Crippen LogP contribution in [0, 0.1) is 18.6 Å². The number of aryl methyl sites for hydroxylation is 1. The van der Waals surface area contributed by atoms with Crippen LogP contribution in [0.4, 0.5) is 13.2 Å². The second-order valence-electron chi connectivity index (χ2n) is 8.22. The van der Waals surface area contributed by atoms with Gasteiger partial charge in [-0.2, -0.15) is 0 Å². The maximum Gasteiger partial charge on any atom is 0.274 e. The van der Waals surface area contributed by atoms with Crippen molar-refractivity contribution < 1.29 is 27.9 Å². The Morgan fingerprint density at radius 1 is 1.22 bits per heavy atom. The van der Waals surface area contributed by atoms with E-state index in [4.69, 9.17) is 0 Å². The van der Waals surface area contributed by atoms with E-state index in [1.54, 1.807) is 0 Å². The number of rotatable bonds is 4. The monoisotopic (exact) mass is 449 g/mol. The number of hydrogen-bond donors (Lipinski definition) is 2. The Morgan fingerprint density at radius 3 is 2.56 bits per heavy atom. The molecule has 2 aliphatic rings. The highest BCUT2D eigenvalue weighted by Crippen LogP contribution is 2.34. The third kappa shape index (κ3) is 3.63. The van der Waals surface area contributed by atoms with Crippen molar-refractivity contribution in [1.82, 2.24) is 14.8 Å². The summed E-state index contributed by atoms with van der Waals surface area (Å²) in [5.74, 6) is -4.18. The number of carbonyl (C=O) groups excluding carboxylic acids is 2. The molecule has 1 aromatic carbocycles. The molecule has 3 heterocycles. The number of aromatic hydroxyl groups is 1. The first-order valence-corrected chi connectivity index (χ1v) is 10.3. The smallest absolute Gasteiger partial charge is 0.274 e. The highest BCUT2D eigenvalue weighted by Gasteiger charge is 2.40. The molecule has 1 aromatic heterocycles. The molecule has 170 valence electrons. The second kappa shape index (κ2) is 8.33. The molecule has 0 saturated carbocycles. The molecule has 10 heteroatoms. The number of halogens is 3. The molecule has 32 heavy (non-hydrogen) atoms. The van der Waals surface area contributed by atoms with Gasteiger partial charge < -0.3 is 19.9 Å². The standard InChI is InChI=1S/C22H22F3N3O4/c1-11-5-16(24)14(17(25)6-11)8-26-21(31)15-10-27-13-4-2-3-12(7-23)28(9-13)22(32)18(27)20(30)19(15)29/h5-6,10,12-13,30H,2-4,7-9H2,1H3,(H,26,31)/t12-,13+/m1/s1. The number of pyridine rings is 1. The maximum absolute atomic E-state index is 14.0. The zero-order valence-electron chi connectivity index (χ0n) is 17.3. The molecule has 0 unspecified atom stereocenters. The van der Waals surface area contributed by atoms with Crippen molar-refractivity contribution in [2.75, 3.05) is 13.2 Å². The maximum atomic E-state index is 14.0. The van der Waals surface area contributed by atoms with Crippen LogP contribution in [0.2, 0.25) is 0 Å². The number of benzene rings is 1. The zero-order valence-corrected chi connectivity index (χ0v) is 17.3. The van der Waals surface area contributed by atoms with E-state index < -0.39 is 59.5 Å². The molecular weight excluding hydrogens is 427 g/mol. The molecule has 4 rings (SSSR count). The quantitative estimate of drug-likeness (QED) is 0.751. The van der Waals surface area contributed by atoms with Crippen LogP contribution in [0.3, 0.4) is 0 Å². The Balaban J connectivity index is 1.67. The molecule has 2 atom stereocenters. The molecule has 2 amide bonds. The summed E-state index contributed by atoms with van der Waals surface area (Å²) in [6.07, 6.45) is 2.84. The van der Waals surface area contributed by atoms with Crippen LogP contribution in [0.15, 0.2) is 23.1 Å². The molecule has 0 radical (unpaired) electrons. The third-order valence-corrected chi connectivity index (χ3v) is 6.12. The normalized spacial score (nSPS) is 20.0. The van der Waals surface area contributed by atoms with Gasteiger partial charge in [0.05, 0.1) is 12.1 Å². The average molecular weight is 449 g/mol. The first-order chi connectivity index (χ1) is 15.2. The van der Waals surface area contributed by atoms with Crippen molar-refractivity contribution in [3.63, 3.8) is 0 Å². The largest absolute Gasteiger partial charge is 0.503 e. The van der Waals surface area contributed by atoms with E-state index in [-0.39, 0.29) is 23.8 Å². The Kier molecular flexibility index (Phi) is 5.70. The SMILES string of the molecule is Cc1cc(F)c(CNC(=O)c2cn3c(c(O)c2=O)C(=O)N2C[C@@H]3CCC[C@@H]2CF)c(F)c1. The van der Waals surface area contributed by atoms with E-state index >= 15 is 0 Å². The number of amides is 2. The van der Waals surface area contributed by atoms with E-state index in [0.29, 0.717) is 24.8 Å². The van der Waals surface area contributed by atoms with Gasteiger partial charge >= 0.3 is 0 Å². The van der Waals surface area contributed by atoms with Crippen molar-refractivity contribution in [3.05, 3.63) is 62.6 Å². The van der Waals surface area contributed by atoms with Gasteiger partial charge in [0.2, 0.25) is 5.43 Å². The highest BCUT2D eigenvalue weighted by molar-refractivity contribution is 5.99. The molecule has 2 aromatic rings. The summed E-state index contributed by atoms with van der Waals surface area (Å²) in [4.78, 5) is 39.5. The summed E-state index contributed by atoms with van der Waals surface area (Å²) in [6, 6.07) is 1.28. The lowest BCUT2D eigenvalue weighted by molar-refractivity contribution is 0.0557. The number of nitrogens with zero attached hydrogens (tertiary/aromatic N) is 2. The average Bonchev–Trinajstić information content (AvgIpc) is 2.93. The molecular formula is C22H22F3N3O4. The second-order valence-corrected chi connectivity index (χ2v) is 8.22. The fourth-order valence-electron chi connectivity index (χ4n) is 4.43. The van der Waals surface area contributed by atoms with Gasteiger partial charge in [0.1, 0.15) is 23.9 Å². The number of hydrogen-bond acceptors (Lipinski definition) is 4. The minimum atomic E-state index is -1.08. The Morgan fingerprint density at radius 2 is 1.91 bits per heavy atom. The third-order valence-electron chi connectivity index (χ3n) is 6.12. The fraction of sp³-hybridized carbons (Fsp3) is 0.409. The topological polar surface area (TPSA) is 91.6 Å². The number of alkyl halides is 1.